The molecule has 0 saturated heterocycles. The fourth-order valence-electron chi connectivity index (χ4n) is 1.20. The number of pyridine rings is 1. The van der Waals surface area contributed by atoms with E-state index in [0.717, 1.165) is 13.2 Å². The SMILES string of the molecule is COC(=O)Cc1cc(I)c(OC(F)(F)F)nc1[N+](=O)[O-]. The lowest BCUT2D eigenvalue weighted by atomic mass is 10.2. The Morgan fingerprint density at radius 1 is 1.55 bits per heavy atom. The first kappa shape index (κ1) is 16.4. The van der Waals surface area contributed by atoms with Gasteiger partial charge in [-0.05, 0) is 33.6 Å². The summed E-state index contributed by atoms with van der Waals surface area (Å²) in [6.45, 7) is 0. The Labute approximate surface area is 123 Å². The van der Waals surface area contributed by atoms with E-state index in [0.29, 0.717) is 0 Å². The zero-order chi connectivity index (χ0) is 15.5. The monoisotopic (exact) mass is 406 g/mol. The number of alkyl halides is 3. The van der Waals surface area contributed by atoms with E-state index in [4.69, 9.17) is 0 Å². The largest absolute Gasteiger partial charge is 0.575 e. The van der Waals surface area contributed by atoms with Crippen molar-refractivity contribution >= 4 is 34.4 Å². The number of nitro groups is 1. The summed E-state index contributed by atoms with van der Waals surface area (Å²) in [7, 11) is 1.08. The number of halogens is 4. The first-order chi connectivity index (χ1) is 9.14. The lowest BCUT2D eigenvalue weighted by Crippen LogP contribution is -2.19. The number of hydrogen-bond donors (Lipinski definition) is 0. The van der Waals surface area contributed by atoms with Crippen LogP contribution < -0.4 is 4.74 Å². The standard InChI is InChI=1S/C9H6F3IN2O5/c1-19-6(16)3-4-2-5(13)8(20-9(10,11)12)14-7(4)15(17)18/h2H,3H2,1H3. The maximum absolute atomic E-state index is 12.1. The van der Waals surface area contributed by atoms with Gasteiger partial charge in [0.25, 0.3) is 0 Å². The van der Waals surface area contributed by atoms with Crippen LogP contribution >= 0.6 is 22.6 Å². The second-order valence-corrected chi connectivity index (χ2v) is 4.48. The van der Waals surface area contributed by atoms with Gasteiger partial charge in [-0.3, -0.25) is 4.79 Å². The first-order valence-corrected chi connectivity index (χ1v) is 5.88. The van der Waals surface area contributed by atoms with Crippen molar-refractivity contribution in [2.75, 3.05) is 7.11 Å². The summed E-state index contributed by atoms with van der Waals surface area (Å²) in [5.41, 5.74) is -0.166. The Bertz CT molecular complexity index is 549. The van der Waals surface area contributed by atoms with Gasteiger partial charge in [-0.15, -0.1) is 13.2 Å². The van der Waals surface area contributed by atoms with Gasteiger partial charge in [-0.2, -0.15) is 0 Å². The lowest BCUT2D eigenvalue weighted by Gasteiger charge is -2.08. The molecule has 0 amide bonds. The van der Waals surface area contributed by atoms with Gasteiger partial charge in [-0.25, -0.2) is 0 Å². The average molecular weight is 406 g/mol. The van der Waals surface area contributed by atoms with Crippen molar-refractivity contribution < 1.29 is 32.4 Å². The normalized spacial score (nSPS) is 11.1. The minimum Gasteiger partial charge on any atom is -0.469 e. The van der Waals surface area contributed by atoms with Crippen molar-refractivity contribution in [2.45, 2.75) is 12.8 Å². The minimum atomic E-state index is -5.02. The van der Waals surface area contributed by atoms with Crippen molar-refractivity contribution in [1.29, 1.82) is 0 Å². The van der Waals surface area contributed by atoms with Crippen LogP contribution in [0.4, 0.5) is 19.0 Å². The molecule has 0 saturated carbocycles. The molecule has 0 aromatic carbocycles. The highest BCUT2D eigenvalue weighted by Crippen LogP contribution is 2.30. The molecule has 0 radical (unpaired) electrons. The third kappa shape index (κ3) is 4.47. The minimum absolute atomic E-state index is 0.121. The summed E-state index contributed by atoms with van der Waals surface area (Å²) in [4.78, 5) is 24.1. The van der Waals surface area contributed by atoms with E-state index >= 15 is 0 Å². The number of carbonyl (C=O) groups excluding carboxylic acids is 1. The highest BCUT2D eigenvalue weighted by atomic mass is 127. The highest BCUT2D eigenvalue weighted by Gasteiger charge is 2.36. The molecule has 1 aromatic rings. The van der Waals surface area contributed by atoms with Crippen LogP contribution in [-0.2, 0) is 16.0 Å². The van der Waals surface area contributed by atoms with Crippen molar-refractivity contribution in [1.82, 2.24) is 4.98 Å². The van der Waals surface area contributed by atoms with Crippen LogP contribution in [0.15, 0.2) is 6.07 Å². The van der Waals surface area contributed by atoms with Crippen molar-refractivity contribution in [3.63, 3.8) is 0 Å². The number of carbonyl (C=O) groups is 1. The van der Waals surface area contributed by atoms with E-state index < -0.39 is 35.4 Å². The van der Waals surface area contributed by atoms with Gasteiger partial charge in [0.2, 0.25) is 0 Å². The molecule has 11 heteroatoms. The molecule has 0 aliphatic rings. The molecular weight excluding hydrogens is 400 g/mol. The third-order valence-electron chi connectivity index (χ3n) is 1.95. The predicted molar refractivity (Wildman–Crippen MR) is 66.0 cm³/mol. The molecule has 20 heavy (non-hydrogen) atoms. The first-order valence-electron chi connectivity index (χ1n) is 4.80. The van der Waals surface area contributed by atoms with E-state index in [-0.39, 0.29) is 9.13 Å². The predicted octanol–water partition coefficient (Wildman–Crippen LogP) is 2.21. The van der Waals surface area contributed by atoms with Crippen LogP contribution in [0.25, 0.3) is 0 Å². The van der Waals surface area contributed by atoms with Gasteiger partial charge in [0.15, 0.2) is 0 Å². The molecule has 0 bridgehead atoms. The zero-order valence-electron chi connectivity index (χ0n) is 9.73. The van der Waals surface area contributed by atoms with Gasteiger partial charge in [-0.1, -0.05) is 0 Å². The molecule has 0 aliphatic carbocycles. The van der Waals surface area contributed by atoms with Gasteiger partial charge in [0.1, 0.15) is 3.57 Å². The molecule has 7 nitrogen and oxygen atoms in total. The third-order valence-corrected chi connectivity index (χ3v) is 2.72. The second-order valence-electron chi connectivity index (χ2n) is 3.32. The van der Waals surface area contributed by atoms with Crippen molar-refractivity contribution in [2.24, 2.45) is 0 Å². The molecule has 110 valence electrons. The topological polar surface area (TPSA) is 91.6 Å². The maximum Gasteiger partial charge on any atom is 0.575 e. The van der Waals surface area contributed by atoms with Crippen molar-refractivity contribution in [3.05, 3.63) is 25.3 Å². The molecule has 0 fully saturated rings. The molecule has 0 spiro atoms. The summed E-state index contributed by atoms with van der Waals surface area (Å²) in [5, 5.41) is 10.8. The smallest absolute Gasteiger partial charge is 0.469 e. The molecule has 1 rings (SSSR count). The van der Waals surface area contributed by atoms with E-state index in [1.54, 1.807) is 0 Å². The number of methoxy groups -OCH3 is 1. The van der Waals surface area contributed by atoms with E-state index in [9.17, 15) is 28.1 Å². The van der Waals surface area contributed by atoms with Crippen LogP contribution in [0.2, 0.25) is 0 Å². The number of hydrogen-bond acceptors (Lipinski definition) is 6. The summed E-state index contributed by atoms with van der Waals surface area (Å²) < 4.78 is 44.1. The van der Waals surface area contributed by atoms with Crippen LogP contribution in [0.5, 0.6) is 5.88 Å². The maximum atomic E-state index is 12.1. The number of ether oxygens (including phenoxy) is 2. The fraction of sp³-hybridized carbons (Fsp3) is 0.333. The van der Waals surface area contributed by atoms with E-state index in [2.05, 4.69) is 14.5 Å². The lowest BCUT2D eigenvalue weighted by molar-refractivity contribution is -0.390. The second kappa shape index (κ2) is 6.19. The molecular formula is C9H6F3IN2O5. The Morgan fingerprint density at radius 3 is 2.60 bits per heavy atom. The van der Waals surface area contributed by atoms with Crippen LogP contribution in [0.3, 0.4) is 0 Å². The fourth-order valence-corrected chi connectivity index (χ4v) is 1.80. The molecule has 0 N–H and O–H groups in total. The quantitative estimate of drug-likeness (QED) is 0.330. The summed E-state index contributed by atoms with van der Waals surface area (Å²) in [6, 6.07) is 1.02. The number of aromatic nitrogens is 1. The van der Waals surface area contributed by atoms with Crippen LogP contribution in [0.1, 0.15) is 5.56 Å². The zero-order valence-corrected chi connectivity index (χ0v) is 11.9. The highest BCUT2D eigenvalue weighted by molar-refractivity contribution is 14.1. The number of rotatable bonds is 4. The Morgan fingerprint density at radius 2 is 2.15 bits per heavy atom. The van der Waals surface area contributed by atoms with E-state index in [1.807, 2.05) is 0 Å². The molecule has 1 heterocycles. The van der Waals surface area contributed by atoms with Gasteiger partial charge < -0.3 is 19.6 Å². The van der Waals surface area contributed by atoms with Gasteiger partial charge >= 0.3 is 24.0 Å². The summed E-state index contributed by atoms with van der Waals surface area (Å²) >= 11 is 1.46. The summed E-state index contributed by atoms with van der Waals surface area (Å²) in [6.07, 6.45) is -5.51. The Balaban J connectivity index is 3.24. The Kier molecular flexibility index (Phi) is 5.08. The van der Waals surface area contributed by atoms with Gasteiger partial charge in [0, 0.05) is 4.98 Å². The van der Waals surface area contributed by atoms with Crippen LogP contribution in [0, 0.1) is 13.7 Å². The molecule has 0 unspecified atom stereocenters. The molecule has 0 aliphatic heterocycles. The molecule has 1 aromatic heterocycles. The molecule has 0 atom stereocenters. The van der Waals surface area contributed by atoms with Gasteiger partial charge in [0.05, 0.1) is 19.1 Å². The average Bonchev–Trinajstić information content (AvgIpc) is 2.30. The number of esters is 1. The summed E-state index contributed by atoms with van der Waals surface area (Å²) in [5.74, 6) is -2.62. The Hall–Kier alpha value is -1.66. The number of nitrogens with zero attached hydrogens (tertiary/aromatic N) is 2. The van der Waals surface area contributed by atoms with E-state index in [1.165, 1.54) is 22.6 Å². The van der Waals surface area contributed by atoms with Crippen molar-refractivity contribution in [3.8, 4) is 5.88 Å². The van der Waals surface area contributed by atoms with Crippen LogP contribution in [-0.4, -0.2) is 29.3 Å².